The van der Waals surface area contributed by atoms with Crippen LogP contribution in [-0.4, -0.2) is 37.2 Å². The Balaban J connectivity index is 1.49. The second-order valence-electron chi connectivity index (χ2n) is 8.50. The first-order valence-corrected chi connectivity index (χ1v) is 11.0. The van der Waals surface area contributed by atoms with Crippen LogP contribution in [0.1, 0.15) is 81.3 Å². The van der Waals surface area contributed by atoms with Gasteiger partial charge in [-0.1, -0.05) is 32.1 Å². The highest BCUT2D eigenvalue weighted by molar-refractivity contribution is 5.75. The molecule has 2 unspecified atom stereocenters. The summed E-state index contributed by atoms with van der Waals surface area (Å²) in [5.41, 5.74) is 1.11. The third kappa shape index (κ3) is 4.95. The van der Waals surface area contributed by atoms with Crippen molar-refractivity contribution in [1.29, 1.82) is 0 Å². The third-order valence-electron chi connectivity index (χ3n) is 6.36. The molecule has 2 aliphatic rings. The van der Waals surface area contributed by atoms with Crippen LogP contribution < -0.4 is 5.32 Å². The largest absolute Gasteiger partial charge is 0.328 e. The number of likely N-dealkylation sites (tertiary alicyclic amines) is 1. The van der Waals surface area contributed by atoms with E-state index >= 15 is 0 Å². The fourth-order valence-electron chi connectivity index (χ4n) is 4.84. The molecule has 7 nitrogen and oxygen atoms in total. The number of carbonyl (C=O) groups is 1. The SMILES string of the molecule is Cn1cc(C2CCCCN2C(=O)NC(CC2CCCCC2)c2ncccn2)cn1. The summed E-state index contributed by atoms with van der Waals surface area (Å²) in [6.45, 7) is 0.775. The van der Waals surface area contributed by atoms with Gasteiger partial charge in [-0.2, -0.15) is 5.10 Å². The summed E-state index contributed by atoms with van der Waals surface area (Å²) in [7, 11) is 1.92. The van der Waals surface area contributed by atoms with Crippen molar-refractivity contribution >= 4 is 6.03 Å². The molecule has 0 spiro atoms. The summed E-state index contributed by atoms with van der Waals surface area (Å²) >= 11 is 0. The summed E-state index contributed by atoms with van der Waals surface area (Å²) in [5, 5.41) is 7.60. The van der Waals surface area contributed by atoms with Crippen LogP contribution in [0.4, 0.5) is 4.79 Å². The van der Waals surface area contributed by atoms with Crippen LogP contribution in [0.15, 0.2) is 30.9 Å². The quantitative estimate of drug-likeness (QED) is 0.823. The van der Waals surface area contributed by atoms with Crippen molar-refractivity contribution in [3.05, 3.63) is 42.2 Å². The normalized spacial score (nSPS) is 21.7. The van der Waals surface area contributed by atoms with E-state index < -0.39 is 0 Å². The maximum Gasteiger partial charge on any atom is 0.318 e. The Morgan fingerprint density at radius 3 is 2.62 bits per heavy atom. The first-order valence-electron chi connectivity index (χ1n) is 11.0. The van der Waals surface area contributed by atoms with Crippen LogP contribution in [0.3, 0.4) is 0 Å². The molecule has 1 aliphatic carbocycles. The molecule has 0 aromatic carbocycles. The van der Waals surface area contributed by atoms with E-state index in [0.29, 0.717) is 5.92 Å². The van der Waals surface area contributed by atoms with Crippen molar-refractivity contribution in [3.8, 4) is 0 Å². The standard InChI is InChI=1S/C22H32N6O/c1-27-16-18(15-25-27)20-10-5-6-13-28(20)22(29)26-19(21-23-11-7-12-24-21)14-17-8-3-2-4-9-17/h7,11-12,15-17,19-20H,2-6,8-10,13-14H2,1H3,(H,26,29). The van der Waals surface area contributed by atoms with Crippen molar-refractivity contribution in [2.45, 2.75) is 69.9 Å². The summed E-state index contributed by atoms with van der Waals surface area (Å²) in [4.78, 5) is 24.3. The molecular formula is C22H32N6O. The lowest BCUT2D eigenvalue weighted by Gasteiger charge is -2.36. The number of piperidine rings is 1. The Morgan fingerprint density at radius 1 is 1.14 bits per heavy atom. The number of carbonyl (C=O) groups excluding carboxylic acids is 1. The molecule has 2 aromatic rings. The average molecular weight is 397 g/mol. The van der Waals surface area contributed by atoms with Gasteiger partial charge in [0.15, 0.2) is 5.82 Å². The van der Waals surface area contributed by atoms with Crippen molar-refractivity contribution < 1.29 is 4.79 Å². The Hall–Kier alpha value is -2.44. The van der Waals surface area contributed by atoms with Crippen molar-refractivity contribution in [1.82, 2.24) is 30.0 Å². The molecule has 7 heteroatoms. The molecule has 1 saturated carbocycles. The fraction of sp³-hybridized carbons (Fsp3) is 0.636. The molecule has 1 saturated heterocycles. The number of hydrogen-bond acceptors (Lipinski definition) is 4. The lowest BCUT2D eigenvalue weighted by atomic mass is 9.84. The van der Waals surface area contributed by atoms with Crippen LogP contribution in [0.2, 0.25) is 0 Å². The molecule has 2 amide bonds. The van der Waals surface area contributed by atoms with Gasteiger partial charge in [-0.3, -0.25) is 4.68 Å². The van der Waals surface area contributed by atoms with Gasteiger partial charge in [-0.05, 0) is 37.7 Å². The lowest BCUT2D eigenvalue weighted by molar-refractivity contribution is 0.145. The minimum absolute atomic E-state index is 0.00758. The second kappa shape index (κ2) is 9.37. The number of urea groups is 1. The zero-order chi connectivity index (χ0) is 20.1. The number of nitrogens with zero attached hydrogens (tertiary/aromatic N) is 5. The summed E-state index contributed by atoms with van der Waals surface area (Å²) in [6.07, 6.45) is 17.9. The van der Waals surface area contributed by atoms with Gasteiger partial charge in [-0.15, -0.1) is 0 Å². The number of hydrogen-bond donors (Lipinski definition) is 1. The van der Waals surface area contributed by atoms with Crippen LogP contribution >= 0.6 is 0 Å². The molecule has 156 valence electrons. The molecule has 29 heavy (non-hydrogen) atoms. The average Bonchev–Trinajstić information content (AvgIpc) is 3.21. The number of amides is 2. The molecule has 2 atom stereocenters. The zero-order valence-electron chi connectivity index (χ0n) is 17.3. The van der Waals surface area contributed by atoms with Gasteiger partial charge >= 0.3 is 6.03 Å². The molecule has 1 aliphatic heterocycles. The monoisotopic (exact) mass is 396 g/mol. The van der Waals surface area contributed by atoms with E-state index in [0.717, 1.165) is 43.6 Å². The molecule has 3 heterocycles. The topological polar surface area (TPSA) is 75.9 Å². The van der Waals surface area contributed by atoms with Gasteiger partial charge in [0.25, 0.3) is 0 Å². The van der Waals surface area contributed by atoms with E-state index in [1.165, 1.54) is 32.1 Å². The first-order chi connectivity index (χ1) is 14.2. The molecule has 2 aromatic heterocycles. The number of aryl methyl sites for hydroxylation is 1. The van der Waals surface area contributed by atoms with Gasteiger partial charge in [0.1, 0.15) is 0 Å². The van der Waals surface area contributed by atoms with E-state index in [1.54, 1.807) is 12.4 Å². The summed E-state index contributed by atoms with van der Waals surface area (Å²) in [6, 6.07) is 1.77. The van der Waals surface area contributed by atoms with Gasteiger partial charge in [0, 0.05) is 37.7 Å². The van der Waals surface area contributed by atoms with Crippen molar-refractivity contribution in [2.75, 3.05) is 6.54 Å². The van der Waals surface area contributed by atoms with Gasteiger partial charge in [0.05, 0.1) is 18.3 Å². The number of aromatic nitrogens is 4. The molecule has 0 radical (unpaired) electrons. The Morgan fingerprint density at radius 2 is 1.90 bits per heavy atom. The molecule has 4 rings (SSSR count). The van der Waals surface area contributed by atoms with E-state index in [1.807, 2.05) is 35.1 Å². The van der Waals surface area contributed by atoms with E-state index in [4.69, 9.17) is 0 Å². The maximum atomic E-state index is 13.3. The maximum absolute atomic E-state index is 13.3. The zero-order valence-corrected chi connectivity index (χ0v) is 17.3. The second-order valence-corrected chi connectivity index (χ2v) is 8.50. The van der Waals surface area contributed by atoms with Crippen molar-refractivity contribution in [3.63, 3.8) is 0 Å². The Bertz CT molecular complexity index is 786. The van der Waals surface area contributed by atoms with Crippen LogP contribution in [0, 0.1) is 5.92 Å². The minimum Gasteiger partial charge on any atom is -0.328 e. The van der Waals surface area contributed by atoms with E-state index in [2.05, 4.69) is 20.4 Å². The predicted octanol–water partition coefficient (Wildman–Crippen LogP) is 4.16. The number of rotatable bonds is 5. The van der Waals surface area contributed by atoms with Gasteiger partial charge in [-0.25, -0.2) is 14.8 Å². The smallest absolute Gasteiger partial charge is 0.318 e. The molecular weight excluding hydrogens is 364 g/mol. The van der Waals surface area contributed by atoms with Gasteiger partial charge < -0.3 is 10.2 Å². The highest BCUT2D eigenvalue weighted by Gasteiger charge is 2.31. The highest BCUT2D eigenvalue weighted by atomic mass is 16.2. The summed E-state index contributed by atoms with van der Waals surface area (Å²) in [5.74, 6) is 1.36. The Kier molecular flexibility index (Phi) is 6.42. The predicted molar refractivity (Wildman–Crippen MR) is 111 cm³/mol. The van der Waals surface area contributed by atoms with Crippen LogP contribution in [0.25, 0.3) is 0 Å². The summed E-state index contributed by atoms with van der Waals surface area (Å²) < 4.78 is 1.81. The highest BCUT2D eigenvalue weighted by Crippen LogP contribution is 2.33. The Labute approximate surface area is 172 Å². The van der Waals surface area contributed by atoms with Gasteiger partial charge in [0.2, 0.25) is 0 Å². The minimum atomic E-state index is -0.136. The van der Waals surface area contributed by atoms with E-state index in [-0.39, 0.29) is 18.1 Å². The molecule has 1 N–H and O–H groups in total. The lowest BCUT2D eigenvalue weighted by Crippen LogP contribution is -2.46. The third-order valence-corrected chi connectivity index (χ3v) is 6.36. The number of nitrogens with one attached hydrogen (secondary N) is 1. The van der Waals surface area contributed by atoms with E-state index in [9.17, 15) is 4.79 Å². The fourth-order valence-corrected chi connectivity index (χ4v) is 4.84. The van der Waals surface area contributed by atoms with Crippen LogP contribution in [-0.2, 0) is 7.05 Å². The molecule has 2 fully saturated rings. The van der Waals surface area contributed by atoms with Crippen LogP contribution in [0.5, 0.6) is 0 Å². The molecule has 0 bridgehead atoms. The van der Waals surface area contributed by atoms with Crippen molar-refractivity contribution in [2.24, 2.45) is 13.0 Å². The first kappa shape index (κ1) is 19.9.